The minimum absolute atomic E-state index is 0.0326. The van der Waals surface area contributed by atoms with Crippen molar-refractivity contribution in [2.24, 2.45) is 11.7 Å². The average molecular weight is 293 g/mol. The number of hydrogen-bond donors (Lipinski definition) is 2. The van der Waals surface area contributed by atoms with Crippen LogP contribution in [0, 0.1) is 11.7 Å². The van der Waals surface area contributed by atoms with Crippen LogP contribution in [0.25, 0.3) is 0 Å². The number of piperidine rings is 1. The number of likely N-dealkylation sites (tertiary alicyclic amines) is 1. The van der Waals surface area contributed by atoms with Gasteiger partial charge in [-0.25, -0.2) is 4.39 Å². The number of nitrogens with one attached hydrogen (secondary N) is 1. The van der Waals surface area contributed by atoms with Gasteiger partial charge in [0.15, 0.2) is 0 Å². The fraction of sp³-hybridized carbons (Fsp3) is 0.467. The molecule has 1 aliphatic heterocycles. The summed E-state index contributed by atoms with van der Waals surface area (Å²) < 4.78 is 13.6. The number of carbonyl (C=O) groups is 2. The Bertz CT molecular complexity index is 540. The molecule has 1 heterocycles. The number of benzene rings is 1. The molecule has 0 radical (unpaired) electrons. The second-order valence-corrected chi connectivity index (χ2v) is 5.35. The van der Waals surface area contributed by atoms with Crippen molar-refractivity contribution in [2.75, 3.05) is 25.0 Å². The van der Waals surface area contributed by atoms with Crippen LogP contribution in [0.15, 0.2) is 18.2 Å². The second-order valence-electron chi connectivity index (χ2n) is 5.35. The lowest BCUT2D eigenvalue weighted by Gasteiger charge is -2.31. The topological polar surface area (TPSA) is 75.4 Å². The van der Waals surface area contributed by atoms with Gasteiger partial charge in [-0.1, -0.05) is 0 Å². The van der Waals surface area contributed by atoms with Crippen molar-refractivity contribution in [3.05, 3.63) is 29.6 Å². The van der Waals surface area contributed by atoms with Crippen molar-refractivity contribution >= 4 is 17.5 Å². The van der Waals surface area contributed by atoms with Crippen LogP contribution in [0.1, 0.15) is 30.1 Å². The van der Waals surface area contributed by atoms with E-state index in [4.69, 9.17) is 5.73 Å². The quantitative estimate of drug-likeness (QED) is 0.888. The summed E-state index contributed by atoms with van der Waals surface area (Å²) in [5.74, 6) is -0.597. The monoisotopic (exact) mass is 293 g/mol. The first-order valence-corrected chi connectivity index (χ1v) is 7.07. The first-order valence-electron chi connectivity index (χ1n) is 7.07. The molecule has 3 N–H and O–H groups in total. The predicted molar refractivity (Wildman–Crippen MR) is 78.4 cm³/mol. The van der Waals surface area contributed by atoms with Gasteiger partial charge in [-0.15, -0.1) is 0 Å². The third kappa shape index (κ3) is 3.78. The third-order valence-electron chi connectivity index (χ3n) is 3.76. The molecule has 0 saturated carbocycles. The molecule has 0 aliphatic carbocycles. The number of carbonyl (C=O) groups excluding carboxylic acids is 2. The number of nitrogens with zero attached hydrogens (tertiary/aromatic N) is 1. The van der Waals surface area contributed by atoms with Crippen molar-refractivity contribution in [3.8, 4) is 0 Å². The molecule has 114 valence electrons. The SMILES string of the molecule is CC(=O)Nc1cc(C(=O)N2CCC(CN)CC2)ccc1F. The summed E-state index contributed by atoms with van der Waals surface area (Å²) in [4.78, 5) is 25.2. The van der Waals surface area contributed by atoms with Crippen molar-refractivity contribution in [2.45, 2.75) is 19.8 Å². The number of anilines is 1. The number of rotatable bonds is 3. The Morgan fingerprint density at radius 1 is 1.38 bits per heavy atom. The smallest absolute Gasteiger partial charge is 0.253 e. The maximum absolute atomic E-state index is 13.6. The van der Waals surface area contributed by atoms with Crippen molar-refractivity contribution in [1.29, 1.82) is 0 Å². The summed E-state index contributed by atoms with van der Waals surface area (Å²) in [7, 11) is 0. The fourth-order valence-electron chi connectivity index (χ4n) is 2.50. The van der Waals surface area contributed by atoms with Crippen LogP contribution in [0.2, 0.25) is 0 Å². The van der Waals surface area contributed by atoms with Crippen molar-refractivity contribution in [1.82, 2.24) is 4.90 Å². The molecule has 6 heteroatoms. The molecule has 1 fully saturated rings. The van der Waals surface area contributed by atoms with Gasteiger partial charge < -0.3 is 16.0 Å². The lowest BCUT2D eigenvalue weighted by atomic mass is 9.96. The Kier molecular flexibility index (Phi) is 4.90. The highest BCUT2D eigenvalue weighted by Gasteiger charge is 2.23. The van der Waals surface area contributed by atoms with Gasteiger partial charge in [-0.3, -0.25) is 9.59 Å². The molecule has 0 atom stereocenters. The normalized spacial score (nSPS) is 15.9. The standard InChI is InChI=1S/C15H20FN3O2/c1-10(20)18-14-8-12(2-3-13(14)16)15(21)19-6-4-11(9-17)5-7-19/h2-3,8,11H,4-7,9,17H2,1H3,(H,18,20). The highest BCUT2D eigenvalue weighted by molar-refractivity contribution is 5.97. The number of nitrogens with two attached hydrogens (primary N) is 1. The molecule has 1 saturated heterocycles. The van der Waals surface area contributed by atoms with Crippen LogP contribution in [0.4, 0.5) is 10.1 Å². The highest BCUT2D eigenvalue weighted by atomic mass is 19.1. The second kappa shape index (κ2) is 6.67. The van der Waals surface area contributed by atoms with E-state index >= 15 is 0 Å². The molecule has 2 amide bonds. The van der Waals surface area contributed by atoms with E-state index in [1.807, 2.05) is 0 Å². The van der Waals surface area contributed by atoms with Gasteiger partial charge in [0.2, 0.25) is 5.91 Å². The molecule has 21 heavy (non-hydrogen) atoms. The van der Waals surface area contributed by atoms with Gasteiger partial charge in [0.05, 0.1) is 5.69 Å². The molecule has 1 aromatic rings. The van der Waals surface area contributed by atoms with Crippen LogP contribution < -0.4 is 11.1 Å². The largest absolute Gasteiger partial charge is 0.339 e. The van der Waals surface area contributed by atoms with Crippen molar-refractivity contribution in [3.63, 3.8) is 0 Å². The Morgan fingerprint density at radius 3 is 2.62 bits per heavy atom. The Morgan fingerprint density at radius 2 is 2.05 bits per heavy atom. The third-order valence-corrected chi connectivity index (χ3v) is 3.76. The van der Waals surface area contributed by atoms with Crippen LogP contribution >= 0.6 is 0 Å². The Labute approximate surface area is 123 Å². The zero-order valence-corrected chi connectivity index (χ0v) is 12.1. The molecule has 2 rings (SSSR count). The average Bonchev–Trinajstić information content (AvgIpc) is 2.48. The first kappa shape index (κ1) is 15.4. The highest BCUT2D eigenvalue weighted by Crippen LogP contribution is 2.21. The summed E-state index contributed by atoms with van der Waals surface area (Å²) in [6, 6.07) is 4.03. The maximum atomic E-state index is 13.6. The van der Waals surface area contributed by atoms with E-state index in [9.17, 15) is 14.0 Å². The van der Waals surface area contributed by atoms with Gasteiger partial charge in [0.1, 0.15) is 5.82 Å². The van der Waals surface area contributed by atoms with Crippen LogP contribution in [0.5, 0.6) is 0 Å². The van der Waals surface area contributed by atoms with Crippen LogP contribution in [-0.4, -0.2) is 36.3 Å². The molecule has 0 bridgehead atoms. The predicted octanol–water partition coefficient (Wildman–Crippen LogP) is 1.59. The molecule has 0 unspecified atom stereocenters. The summed E-state index contributed by atoms with van der Waals surface area (Å²) in [6.07, 6.45) is 1.78. The van der Waals surface area contributed by atoms with E-state index in [2.05, 4.69) is 5.32 Å². The Balaban J connectivity index is 2.11. The number of amides is 2. The molecule has 1 aromatic carbocycles. The summed E-state index contributed by atoms with van der Waals surface area (Å²) >= 11 is 0. The molecular formula is C15H20FN3O2. The zero-order chi connectivity index (χ0) is 15.4. The minimum atomic E-state index is -0.552. The van der Waals surface area contributed by atoms with Gasteiger partial charge in [0, 0.05) is 25.6 Å². The van der Waals surface area contributed by atoms with Crippen LogP contribution in [0.3, 0.4) is 0 Å². The summed E-state index contributed by atoms with van der Waals surface area (Å²) in [6.45, 7) is 3.26. The van der Waals surface area contributed by atoms with E-state index in [1.165, 1.54) is 25.1 Å². The van der Waals surface area contributed by atoms with E-state index < -0.39 is 5.82 Å². The van der Waals surface area contributed by atoms with E-state index in [0.29, 0.717) is 31.1 Å². The number of halogens is 1. The molecule has 5 nitrogen and oxygen atoms in total. The minimum Gasteiger partial charge on any atom is -0.339 e. The van der Waals surface area contributed by atoms with Crippen molar-refractivity contribution < 1.29 is 14.0 Å². The molecule has 1 aliphatic rings. The van der Waals surface area contributed by atoms with E-state index in [-0.39, 0.29) is 17.5 Å². The van der Waals surface area contributed by atoms with Gasteiger partial charge in [-0.2, -0.15) is 0 Å². The van der Waals surface area contributed by atoms with Gasteiger partial charge in [0.25, 0.3) is 5.91 Å². The fourth-order valence-corrected chi connectivity index (χ4v) is 2.50. The lowest BCUT2D eigenvalue weighted by Crippen LogP contribution is -2.40. The first-order chi connectivity index (χ1) is 10.0. The molecule has 0 aromatic heterocycles. The summed E-state index contributed by atoms with van der Waals surface area (Å²) in [5.41, 5.74) is 6.05. The Hall–Kier alpha value is -1.95. The van der Waals surface area contributed by atoms with E-state index in [0.717, 1.165) is 12.8 Å². The van der Waals surface area contributed by atoms with Gasteiger partial charge >= 0.3 is 0 Å². The van der Waals surface area contributed by atoms with Gasteiger partial charge in [-0.05, 0) is 43.5 Å². The van der Waals surface area contributed by atoms with Crippen LogP contribution in [-0.2, 0) is 4.79 Å². The molecular weight excluding hydrogens is 273 g/mol. The number of hydrogen-bond acceptors (Lipinski definition) is 3. The summed E-state index contributed by atoms with van der Waals surface area (Å²) in [5, 5.41) is 2.39. The molecule has 0 spiro atoms. The zero-order valence-electron chi connectivity index (χ0n) is 12.1. The van der Waals surface area contributed by atoms with E-state index in [1.54, 1.807) is 4.90 Å². The lowest BCUT2D eigenvalue weighted by molar-refractivity contribution is -0.114. The maximum Gasteiger partial charge on any atom is 0.253 e.